The van der Waals surface area contributed by atoms with E-state index in [0.29, 0.717) is 0 Å². The van der Waals surface area contributed by atoms with Crippen LogP contribution >= 0.6 is 0 Å². The van der Waals surface area contributed by atoms with Crippen LogP contribution in [0, 0.1) is 0 Å². The molecule has 0 atom stereocenters. The first-order chi connectivity index (χ1) is 12.4. The second-order valence-corrected chi connectivity index (χ2v) is 6.57. The van der Waals surface area contributed by atoms with Crippen LogP contribution in [-0.2, 0) is 12.4 Å². The molecular weight excluding hydrogens is 370 g/mol. The summed E-state index contributed by atoms with van der Waals surface area (Å²) >= 11 is 0. The van der Waals surface area contributed by atoms with E-state index in [0.717, 1.165) is 24.3 Å². The molecule has 0 radical (unpaired) electrons. The molecule has 8 heteroatoms. The van der Waals surface area contributed by atoms with Gasteiger partial charge < -0.3 is 0 Å². The normalized spacial score (nSPS) is 16.9. The molecule has 0 aliphatic carbocycles. The number of benzene rings is 2. The van der Waals surface area contributed by atoms with Gasteiger partial charge in [0, 0.05) is 11.1 Å². The van der Waals surface area contributed by atoms with E-state index in [2.05, 4.69) is 9.98 Å². The Balaban J connectivity index is 2.11. The standard InChI is InChI=1S/C19H14F6N2/c1-17(2)26-15(11-5-3-7-13(9-11)18(20,21)22)16(27-17)12-6-4-8-14(10-12)19(23,24)25/h3-10H,1-2H3. The minimum absolute atomic E-state index is 0.130. The predicted octanol–water partition coefficient (Wildman–Crippen LogP) is 5.75. The van der Waals surface area contributed by atoms with Crippen LogP contribution in [0.25, 0.3) is 0 Å². The van der Waals surface area contributed by atoms with Gasteiger partial charge in [0.1, 0.15) is 5.66 Å². The van der Waals surface area contributed by atoms with Gasteiger partial charge in [-0.05, 0) is 38.1 Å². The highest BCUT2D eigenvalue weighted by Gasteiger charge is 2.35. The van der Waals surface area contributed by atoms with Crippen molar-refractivity contribution in [3.63, 3.8) is 0 Å². The maximum atomic E-state index is 13.0. The fraction of sp³-hybridized carbons (Fsp3) is 0.263. The highest BCUT2D eigenvalue weighted by atomic mass is 19.4. The third-order valence-electron chi connectivity index (χ3n) is 3.92. The van der Waals surface area contributed by atoms with Gasteiger partial charge in [-0.15, -0.1) is 0 Å². The molecule has 1 heterocycles. The van der Waals surface area contributed by atoms with Gasteiger partial charge in [-0.25, -0.2) is 0 Å². The van der Waals surface area contributed by atoms with E-state index >= 15 is 0 Å². The molecule has 2 nitrogen and oxygen atoms in total. The van der Waals surface area contributed by atoms with E-state index < -0.39 is 29.1 Å². The van der Waals surface area contributed by atoms with E-state index in [1.165, 1.54) is 24.3 Å². The Morgan fingerprint density at radius 2 is 1.04 bits per heavy atom. The van der Waals surface area contributed by atoms with Gasteiger partial charge >= 0.3 is 12.4 Å². The molecule has 1 aliphatic heterocycles. The maximum absolute atomic E-state index is 13.0. The summed E-state index contributed by atoms with van der Waals surface area (Å²) in [6.45, 7) is 3.25. The molecule has 0 aromatic heterocycles. The Morgan fingerprint density at radius 3 is 1.37 bits per heavy atom. The van der Waals surface area contributed by atoms with Crippen LogP contribution in [0.2, 0.25) is 0 Å². The number of alkyl halides is 6. The number of rotatable bonds is 2. The number of hydrogen-bond donors (Lipinski definition) is 0. The summed E-state index contributed by atoms with van der Waals surface area (Å²) in [5.41, 5.74) is -2.17. The summed E-state index contributed by atoms with van der Waals surface area (Å²) in [6, 6.07) is 9.01. The smallest absolute Gasteiger partial charge is 0.253 e. The van der Waals surface area contributed by atoms with E-state index in [4.69, 9.17) is 0 Å². The van der Waals surface area contributed by atoms with Gasteiger partial charge in [0.25, 0.3) is 0 Å². The number of halogens is 6. The quantitative estimate of drug-likeness (QED) is 0.589. The van der Waals surface area contributed by atoms with Crippen molar-refractivity contribution in [1.29, 1.82) is 0 Å². The molecule has 0 fully saturated rings. The number of hydrogen-bond acceptors (Lipinski definition) is 2. The first-order valence-corrected chi connectivity index (χ1v) is 7.92. The van der Waals surface area contributed by atoms with Crippen LogP contribution in [0.1, 0.15) is 36.1 Å². The van der Waals surface area contributed by atoms with Gasteiger partial charge in [0.2, 0.25) is 0 Å². The van der Waals surface area contributed by atoms with E-state index in [-0.39, 0.29) is 22.6 Å². The zero-order valence-electron chi connectivity index (χ0n) is 14.3. The highest BCUT2D eigenvalue weighted by molar-refractivity contribution is 6.54. The Kier molecular flexibility index (Phi) is 4.40. The van der Waals surface area contributed by atoms with Gasteiger partial charge in [-0.2, -0.15) is 26.3 Å². The molecule has 0 saturated carbocycles. The van der Waals surface area contributed by atoms with E-state index in [1.54, 1.807) is 13.8 Å². The van der Waals surface area contributed by atoms with Crippen molar-refractivity contribution >= 4 is 11.4 Å². The SMILES string of the molecule is CC1(C)N=C(c2cccc(C(F)(F)F)c2)C(c2cccc(C(F)(F)F)c2)=N1. The summed E-state index contributed by atoms with van der Waals surface area (Å²) in [6.07, 6.45) is -9.09. The predicted molar refractivity (Wildman–Crippen MR) is 90.0 cm³/mol. The molecule has 142 valence electrons. The third kappa shape index (κ3) is 4.04. The molecule has 2 aromatic carbocycles. The second-order valence-electron chi connectivity index (χ2n) is 6.57. The van der Waals surface area contributed by atoms with Gasteiger partial charge in [0.15, 0.2) is 0 Å². The lowest BCUT2D eigenvalue weighted by atomic mass is 9.97. The van der Waals surface area contributed by atoms with E-state index in [1.807, 2.05) is 0 Å². The third-order valence-corrected chi connectivity index (χ3v) is 3.92. The maximum Gasteiger partial charge on any atom is 0.416 e. The lowest BCUT2D eigenvalue weighted by Crippen LogP contribution is -2.16. The van der Waals surface area contributed by atoms with Crippen molar-refractivity contribution < 1.29 is 26.3 Å². The largest absolute Gasteiger partial charge is 0.416 e. The fourth-order valence-corrected chi connectivity index (χ4v) is 2.77. The molecule has 0 amide bonds. The Labute approximate surface area is 151 Å². The topological polar surface area (TPSA) is 24.7 Å². The van der Waals surface area contributed by atoms with Gasteiger partial charge in [-0.1, -0.05) is 24.3 Å². The summed E-state index contributed by atoms with van der Waals surface area (Å²) in [5.74, 6) is 0. The lowest BCUT2D eigenvalue weighted by Gasteiger charge is -2.12. The zero-order valence-corrected chi connectivity index (χ0v) is 14.3. The second kappa shape index (κ2) is 6.21. The monoisotopic (exact) mass is 384 g/mol. The molecule has 1 aliphatic rings. The van der Waals surface area contributed by atoms with Crippen molar-refractivity contribution in [2.75, 3.05) is 0 Å². The number of aliphatic imine (C=N–C) groups is 2. The summed E-state index contributed by atoms with van der Waals surface area (Å²) in [5, 5.41) is 0. The van der Waals surface area contributed by atoms with Crippen molar-refractivity contribution in [3.05, 3.63) is 70.8 Å². The van der Waals surface area contributed by atoms with Crippen LogP contribution in [0.3, 0.4) is 0 Å². The molecule has 0 spiro atoms. The molecular formula is C19H14F6N2. The Morgan fingerprint density at radius 1 is 0.667 bits per heavy atom. The average Bonchev–Trinajstić information content (AvgIpc) is 2.89. The van der Waals surface area contributed by atoms with Crippen LogP contribution in [0.4, 0.5) is 26.3 Å². The van der Waals surface area contributed by atoms with Crippen LogP contribution in [-0.4, -0.2) is 17.1 Å². The summed E-state index contributed by atoms with van der Waals surface area (Å²) < 4.78 is 78.1. The minimum Gasteiger partial charge on any atom is -0.253 e. The lowest BCUT2D eigenvalue weighted by molar-refractivity contribution is -0.138. The van der Waals surface area contributed by atoms with Gasteiger partial charge in [-0.3, -0.25) is 9.98 Å². The average molecular weight is 384 g/mol. The Hall–Kier alpha value is -2.64. The first kappa shape index (κ1) is 19.1. The Bertz CT molecular complexity index is 860. The van der Waals surface area contributed by atoms with Crippen LogP contribution in [0.15, 0.2) is 58.5 Å². The van der Waals surface area contributed by atoms with Gasteiger partial charge in [0.05, 0.1) is 22.6 Å². The van der Waals surface area contributed by atoms with Crippen molar-refractivity contribution in [3.8, 4) is 0 Å². The molecule has 0 unspecified atom stereocenters. The van der Waals surface area contributed by atoms with Crippen molar-refractivity contribution in [2.24, 2.45) is 9.98 Å². The molecule has 3 rings (SSSR count). The van der Waals surface area contributed by atoms with Crippen LogP contribution in [0.5, 0.6) is 0 Å². The molecule has 0 bridgehead atoms. The highest BCUT2D eigenvalue weighted by Crippen LogP contribution is 2.33. The molecule has 2 aromatic rings. The van der Waals surface area contributed by atoms with Crippen molar-refractivity contribution in [1.82, 2.24) is 0 Å². The first-order valence-electron chi connectivity index (χ1n) is 7.92. The minimum atomic E-state index is -4.54. The fourth-order valence-electron chi connectivity index (χ4n) is 2.77. The number of nitrogens with zero attached hydrogens (tertiary/aromatic N) is 2. The zero-order chi connectivity index (χ0) is 20.0. The molecule has 0 saturated heterocycles. The van der Waals surface area contributed by atoms with Crippen LogP contribution < -0.4 is 0 Å². The molecule has 27 heavy (non-hydrogen) atoms. The molecule has 0 N–H and O–H groups in total. The van der Waals surface area contributed by atoms with E-state index in [9.17, 15) is 26.3 Å². The summed E-state index contributed by atoms with van der Waals surface area (Å²) in [4.78, 5) is 8.66. The summed E-state index contributed by atoms with van der Waals surface area (Å²) in [7, 11) is 0. The van der Waals surface area contributed by atoms with Crippen molar-refractivity contribution in [2.45, 2.75) is 31.9 Å².